The van der Waals surface area contributed by atoms with E-state index in [1.807, 2.05) is 0 Å². The summed E-state index contributed by atoms with van der Waals surface area (Å²) in [7, 11) is 1.45. The number of halogens is 3. The molecule has 1 N–H and O–H groups in total. The number of amides is 1. The van der Waals surface area contributed by atoms with Crippen molar-refractivity contribution >= 4 is 34.0 Å². The van der Waals surface area contributed by atoms with Crippen molar-refractivity contribution in [1.82, 2.24) is 20.2 Å². The van der Waals surface area contributed by atoms with Gasteiger partial charge in [0.1, 0.15) is 0 Å². The van der Waals surface area contributed by atoms with Gasteiger partial charge < -0.3 is 4.74 Å². The minimum atomic E-state index is -3.14. The van der Waals surface area contributed by atoms with Crippen LogP contribution in [-0.2, 0) is 5.92 Å². The van der Waals surface area contributed by atoms with Crippen molar-refractivity contribution in [2.45, 2.75) is 19.8 Å². The summed E-state index contributed by atoms with van der Waals surface area (Å²) in [6.07, 6.45) is 2.79. The van der Waals surface area contributed by atoms with Gasteiger partial charge in [0.15, 0.2) is 5.01 Å². The van der Waals surface area contributed by atoms with Crippen LogP contribution in [0, 0.1) is 6.92 Å². The van der Waals surface area contributed by atoms with Gasteiger partial charge >= 0.3 is 0 Å². The fourth-order valence-electron chi connectivity index (χ4n) is 2.36. The Bertz CT molecular complexity index is 1040. The second-order valence-corrected chi connectivity index (χ2v) is 7.25. The number of ether oxygens (including phenoxy) is 1. The molecular formula is C17H14ClF2N5O2S. The molecular weight excluding hydrogens is 412 g/mol. The van der Waals surface area contributed by atoms with Gasteiger partial charge in [0.25, 0.3) is 11.8 Å². The van der Waals surface area contributed by atoms with Crippen molar-refractivity contribution in [3.63, 3.8) is 0 Å². The number of carbonyl (C=O) groups excluding carboxylic acids is 1. The highest BCUT2D eigenvalue weighted by atomic mass is 35.5. The summed E-state index contributed by atoms with van der Waals surface area (Å²) in [5.74, 6) is -3.46. The molecule has 3 aromatic rings. The number of alkyl halides is 2. The van der Waals surface area contributed by atoms with Gasteiger partial charge in [-0.2, -0.15) is 8.78 Å². The Morgan fingerprint density at radius 3 is 2.61 bits per heavy atom. The van der Waals surface area contributed by atoms with Crippen LogP contribution in [0.5, 0.6) is 5.88 Å². The van der Waals surface area contributed by atoms with E-state index in [1.54, 1.807) is 19.1 Å². The molecule has 146 valence electrons. The normalized spacial score (nSPS) is 11.4. The highest BCUT2D eigenvalue weighted by Crippen LogP contribution is 2.34. The van der Waals surface area contributed by atoms with Crippen LogP contribution in [0.2, 0.25) is 5.02 Å². The Kier molecular flexibility index (Phi) is 5.52. The minimum Gasteiger partial charge on any atom is -0.481 e. The van der Waals surface area contributed by atoms with Crippen molar-refractivity contribution in [2.24, 2.45) is 0 Å². The molecule has 1 amide bonds. The van der Waals surface area contributed by atoms with Crippen LogP contribution in [-0.4, -0.2) is 33.2 Å². The molecule has 0 saturated carbocycles. The largest absolute Gasteiger partial charge is 0.481 e. The molecule has 7 nitrogen and oxygen atoms in total. The zero-order valence-corrected chi connectivity index (χ0v) is 16.5. The maximum absolute atomic E-state index is 13.3. The maximum Gasteiger partial charge on any atom is 0.298 e. The molecule has 0 radical (unpaired) electrons. The Morgan fingerprint density at radius 1 is 1.21 bits per heavy atom. The van der Waals surface area contributed by atoms with Gasteiger partial charge in [-0.05, 0) is 19.1 Å². The number of hydrogen-bond acceptors (Lipinski definition) is 7. The maximum atomic E-state index is 13.3. The minimum absolute atomic E-state index is 0.0516. The standard InChI is InChI=1S/C17H14ClF2N5O2S/c1-8-4-10(11-5-9(18)6-22-14(11)27-3)12(7-21-8)13(26)23-16-25-24-15(28-16)17(2,19)20/h4-7H,1-3H3,(H,23,25,26). The number of carbonyl (C=O) groups is 1. The molecule has 0 atom stereocenters. The number of methoxy groups -OCH3 is 1. The third-order valence-corrected chi connectivity index (χ3v) is 4.82. The molecule has 0 aromatic carbocycles. The topological polar surface area (TPSA) is 89.9 Å². The number of anilines is 1. The van der Waals surface area contributed by atoms with E-state index in [0.29, 0.717) is 40.1 Å². The van der Waals surface area contributed by atoms with E-state index in [9.17, 15) is 13.6 Å². The van der Waals surface area contributed by atoms with Gasteiger partial charge in [0.2, 0.25) is 11.0 Å². The molecule has 0 aliphatic carbocycles. The summed E-state index contributed by atoms with van der Waals surface area (Å²) < 4.78 is 31.9. The van der Waals surface area contributed by atoms with Crippen molar-refractivity contribution < 1.29 is 18.3 Å². The van der Waals surface area contributed by atoms with Crippen molar-refractivity contribution in [1.29, 1.82) is 0 Å². The highest BCUT2D eigenvalue weighted by molar-refractivity contribution is 7.15. The lowest BCUT2D eigenvalue weighted by Crippen LogP contribution is -2.14. The Morgan fingerprint density at radius 2 is 1.96 bits per heavy atom. The predicted molar refractivity (Wildman–Crippen MR) is 101 cm³/mol. The van der Waals surface area contributed by atoms with Gasteiger partial charge in [0.05, 0.1) is 17.7 Å². The van der Waals surface area contributed by atoms with Crippen molar-refractivity contribution in [3.8, 4) is 17.0 Å². The summed E-state index contributed by atoms with van der Waals surface area (Å²) in [5.41, 5.74) is 1.79. The number of aromatic nitrogens is 4. The van der Waals surface area contributed by atoms with Gasteiger partial charge in [-0.1, -0.05) is 22.9 Å². The molecule has 11 heteroatoms. The fraction of sp³-hybridized carbons (Fsp3) is 0.235. The molecule has 0 spiro atoms. The van der Waals surface area contributed by atoms with Gasteiger partial charge in [-0.3, -0.25) is 15.1 Å². The van der Waals surface area contributed by atoms with E-state index in [0.717, 1.165) is 0 Å². The van der Waals surface area contributed by atoms with E-state index in [2.05, 4.69) is 25.5 Å². The third kappa shape index (κ3) is 4.23. The van der Waals surface area contributed by atoms with Crippen LogP contribution in [0.3, 0.4) is 0 Å². The predicted octanol–water partition coefficient (Wildman–Crippen LogP) is 4.33. The average molecular weight is 426 g/mol. The van der Waals surface area contributed by atoms with Crippen molar-refractivity contribution in [2.75, 3.05) is 12.4 Å². The molecule has 3 aromatic heterocycles. The van der Waals surface area contributed by atoms with Crippen LogP contribution >= 0.6 is 22.9 Å². The van der Waals surface area contributed by atoms with Crippen LogP contribution in [0.15, 0.2) is 24.5 Å². The summed E-state index contributed by atoms with van der Waals surface area (Å²) >= 11 is 6.64. The van der Waals surface area contributed by atoms with E-state index < -0.39 is 16.8 Å². The van der Waals surface area contributed by atoms with Gasteiger partial charge in [-0.15, -0.1) is 10.2 Å². The smallest absolute Gasteiger partial charge is 0.298 e. The molecule has 0 fully saturated rings. The Balaban J connectivity index is 2.00. The molecule has 0 saturated heterocycles. The van der Waals surface area contributed by atoms with Crippen LogP contribution in [0.1, 0.15) is 28.0 Å². The summed E-state index contributed by atoms with van der Waals surface area (Å²) in [6, 6.07) is 3.29. The molecule has 0 bridgehead atoms. The first-order chi connectivity index (χ1) is 13.2. The summed E-state index contributed by atoms with van der Waals surface area (Å²) in [6.45, 7) is 2.47. The number of nitrogens with one attached hydrogen (secondary N) is 1. The van der Waals surface area contributed by atoms with Crippen molar-refractivity contribution in [3.05, 3.63) is 45.8 Å². The number of rotatable bonds is 5. The Labute approximate surface area is 167 Å². The zero-order chi connectivity index (χ0) is 20.5. The first-order valence-electron chi connectivity index (χ1n) is 7.88. The second kappa shape index (κ2) is 7.72. The molecule has 28 heavy (non-hydrogen) atoms. The van der Waals surface area contributed by atoms with E-state index in [1.165, 1.54) is 19.5 Å². The Hall–Kier alpha value is -2.72. The van der Waals surface area contributed by atoms with Gasteiger partial charge in [0, 0.05) is 36.1 Å². The number of pyridine rings is 2. The lowest BCUT2D eigenvalue weighted by Gasteiger charge is -2.12. The summed E-state index contributed by atoms with van der Waals surface area (Å²) in [4.78, 5) is 21.0. The van der Waals surface area contributed by atoms with Crippen LogP contribution in [0.4, 0.5) is 13.9 Å². The first-order valence-corrected chi connectivity index (χ1v) is 9.08. The van der Waals surface area contributed by atoms with E-state index in [4.69, 9.17) is 16.3 Å². The molecule has 3 rings (SSSR count). The van der Waals surface area contributed by atoms with Gasteiger partial charge in [-0.25, -0.2) is 4.98 Å². The molecule has 0 unspecified atom stereocenters. The first kappa shape index (κ1) is 20.0. The van der Waals surface area contributed by atoms with E-state index >= 15 is 0 Å². The molecule has 3 heterocycles. The van der Waals surface area contributed by atoms with Crippen LogP contribution < -0.4 is 10.1 Å². The lowest BCUT2D eigenvalue weighted by molar-refractivity contribution is 0.0165. The average Bonchev–Trinajstić information content (AvgIpc) is 3.10. The number of nitrogens with zero attached hydrogens (tertiary/aromatic N) is 4. The fourth-order valence-corrected chi connectivity index (χ4v) is 3.19. The molecule has 0 aliphatic heterocycles. The quantitative estimate of drug-likeness (QED) is 0.654. The van der Waals surface area contributed by atoms with E-state index in [-0.39, 0.29) is 16.6 Å². The number of aryl methyl sites for hydroxylation is 1. The molecule has 0 aliphatic rings. The van der Waals surface area contributed by atoms with Crippen LogP contribution in [0.25, 0.3) is 11.1 Å². The second-order valence-electron chi connectivity index (χ2n) is 5.84. The third-order valence-electron chi connectivity index (χ3n) is 3.61. The number of hydrogen-bond donors (Lipinski definition) is 1. The zero-order valence-electron chi connectivity index (χ0n) is 15.0. The summed E-state index contributed by atoms with van der Waals surface area (Å²) in [5, 5.41) is 9.28. The monoisotopic (exact) mass is 425 g/mol. The SMILES string of the molecule is COc1ncc(Cl)cc1-c1cc(C)ncc1C(=O)Nc1nnc(C(C)(F)F)s1. The highest BCUT2D eigenvalue weighted by Gasteiger charge is 2.30. The lowest BCUT2D eigenvalue weighted by atomic mass is 10.0.